The van der Waals surface area contributed by atoms with E-state index in [4.69, 9.17) is 12.6 Å². The normalized spacial score (nSPS) is 23.7. The third-order valence-corrected chi connectivity index (χ3v) is 3.33. The number of amides is 1. The van der Waals surface area contributed by atoms with Crippen LogP contribution in [0.1, 0.15) is 49.7 Å². The van der Waals surface area contributed by atoms with E-state index < -0.39 is 48.1 Å². The Kier molecular flexibility index (Phi) is 5.81. The summed E-state index contributed by atoms with van der Waals surface area (Å²) in [6.07, 6.45) is -3.74. The maximum absolute atomic E-state index is 12.4. The van der Waals surface area contributed by atoms with Crippen LogP contribution in [0.15, 0.2) is 0 Å². The molecule has 2 N–H and O–H groups in total. The molecule has 0 aliphatic carbocycles. The molecule has 1 amide bonds. The summed E-state index contributed by atoms with van der Waals surface area (Å²) in [6.45, 7) is 7.72. The maximum Gasteiger partial charge on any atom is 0.336 e. The van der Waals surface area contributed by atoms with Crippen LogP contribution in [0.3, 0.4) is 0 Å². The average molecular weight is 315 g/mol. The number of ether oxygens (including phenoxy) is 1. The number of nitrogens with one attached hydrogen (secondary N) is 1. The van der Waals surface area contributed by atoms with Gasteiger partial charge in [0.1, 0.15) is 0 Å². The lowest BCUT2D eigenvalue weighted by atomic mass is 9.90. The van der Waals surface area contributed by atoms with Crippen molar-refractivity contribution in [3.05, 3.63) is 0 Å². The van der Waals surface area contributed by atoms with Gasteiger partial charge in [0.2, 0.25) is 5.91 Å². The highest BCUT2D eigenvalue weighted by atomic mass is 16.6. The molecule has 0 aromatic heterocycles. The minimum atomic E-state index is -1.88. The van der Waals surface area contributed by atoms with Crippen molar-refractivity contribution in [2.75, 3.05) is 6.54 Å². The molecule has 3 atom stereocenters. The second kappa shape index (κ2) is 8.27. The van der Waals surface area contributed by atoms with Crippen LogP contribution >= 0.6 is 0 Å². The molecule has 0 aromatic carbocycles. The van der Waals surface area contributed by atoms with Gasteiger partial charge in [0.25, 0.3) is 0 Å². The molecule has 0 bridgehead atoms. The van der Waals surface area contributed by atoms with E-state index in [9.17, 15) is 14.4 Å². The largest absolute Gasteiger partial charge is 0.479 e. The number of carbonyl (C=O) groups is 3. The second-order valence-electron chi connectivity index (χ2n) is 6.33. The zero-order valence-corrected chi connectivity index (χ0v) is 13.6. The summed E-state index contributed by atoms with van der Waals surface area (Å²) < 4.78 is 21.2. The number of aliphatic carboxylic acids is 1. The van der Waals surface area contributed by atoms with E-state index in [1.54, 1.807) is 13.8 Å². The lowest BCUT2D eigenvalue weighted by Crippen LogP contribution is -2.34. The van der Waals surface area contributed by atoms with Gasteiger partial charge in [-0.05, 0) is 24.6 Å². The summed E-state index contributed by atoms with van der Waals surface area (Å²) in [5.41, 5.74) is 0. The highest BCUT2D eigenvalue weighted by Gasteiger charge is 2.50. The minimum Gasteiger partial charge on any atom is -0.479 e. The molecule has 1 heterocycles. The van der Waals surface area contributed by atoms with Crippen molar-refractivity contribution in [1.29, 1.82) is 0 Å². The van der Waals surface area contributed by atoms with Gasteiger partial charge in [-0.3, -0.25) is 9.59 Å². The minimum absolute atomic E-state index is 0.368. The monoisotopic (exact) mass is 315 g/mol. The summed E-state index contributed by atoms with van der Waals surface area (Å²) >= 11 is 0. The standard InChI is InChI=1S/C16H27NO5/c1-9(2)5-6-17-15(19)11(7-10(3)4)8-12(18)13-14(22-13)16(20)21/h9-11,13-14H,5-8H2,1-4H3,(H,17,19)(H,20,21)/t11-,13-,14+/m1/s1/i7D2. The van der Waals surface area contributed by atoms with Crippen molar-refractivity contribution < 1.29 is 27.0 Å². The van der Waals surface area contributed by atoms with Crippen molar-refractivity contribution in [3.63, 3.8) is 0 Å². The van der Waals surface area contributed by atoms with Crippen molar-refractivity contribution >= 4 is 17.7 Å². The second-order valence-corrected chi connectivity index (χ2v) is 6.33. The van der Waals surface area contributed by atoms with Gasteiger partial charge in [-0.1, -0.05) is 27.7 Å². The molecule has 1 aliphatic heterocycles. The number of carbonyl (C=O) groups excluding carboxylic acids is 2. The van der Waals surface area contributed by atoms with Gasteiger partial charge in [0, 0.05) is 21.6 Å². The Balaban J connectivity index is 2.77. The number of rotatable bonds is 10. The quantitative estimate of drug-likeness (QED) is 0.597. The van der Waals surface area contributed by atoms with Crippen LogP contribution in [0.5, 0.6) is 0 Å². The number of Topliss-reactive ketones (excluding diaryl/α,β-unsaturated/α-hetero) is 1. The first-order chi connectivity index (χ1) is 11.0. The number of hydrogen-bond acceptors (Lipinski definition) is 4. The van der Waals surface area contributed by atoms with E-state index >= 15 is 0 Å². The van der Waals surface area contributed by atoms with Gasteiger partial charge >= 0.3 is 5.97 Å². The molecular formula is C16H27NO5. The highest BCUT2D eigenvalue weighted by molar-refractivity contribution is 5.95. The van der Waals surface area contributed by atoms with E-state index in [0.717, 1.165) is 6.42 Å². The number of hydrogen-bond donors (Lipinski definition) is 2. The Labute approximate surface area is 134 Å². The van der Waals surface area contributed by atoms with Gasteiger partial charge in [-0.25, -0.2) is 4.79 Å². The summed E-state index contributed by atoms with van der Waals surface area (Å²) in [6, 6.07) is 0. The molecule has 0 unspecified atom stereocenters. The zero-order chi connectivity index (χ0) is 18.7. The molecule has 0 spiro atoms. The third-order valence-electron chi connectivity index (χ3n) is 3.33. The smallest absolute Gasteiger partial charge is 0.336 e. The van der Waals surface area contributed by atoms with Crippen LogP contribution in [0, 0.1) is 17.8 Å². The van der Waals surface area contributed by atoms with Gasteiger partial charge in [0.15, 0.2) is 18.0 Å². The molecule has 1 saturated heterocycles. The first-order valence-electron chi connectivity index (χ1n) is 8.67. The molecule has 6 nitrogen and oxygen atoms in total. The fourth-order valence-corrected chi connectivity index (χ4v) is 2.10. The number of epoxide rings is 1. The van der Waals surface area contributed by atoms with Gasteiger partial charge in [-0.2, -0.15) is 0 Å². The van der Waals surface area contributed by atoms with Gasteiger partial charge < -0.3 is 15.2 Å². The lowest BCUT2D eigenvalue weighted by Gasteiger charge is -2.18. The summed E-state index contributed by atoms with van der Waals surface area (Å²) in [5, 5.41) is 11.5. The van der Waals surface area contributed by atoms with E-state index in [1.165, 1.54) is 0 Å². The maximum atomic E-state index is 12.4. The summed E-state index contributed by atoms with van der Waals surface area (Å²) in [5.74, 6) is -3.54. The molecule has 22 heavy (non-hydrogen) atoms. The molecular weight excluding hydrogens is 286 g/mol. The van der Waals surface area contributed by atoms with Crippen molar-refractivity contribution in [2.45, 2.75) is 59.1 Å². The fraction of sp³-hybridized carbons (Fsp3) is 0.812. The van der Waals surface area contributed by atoms with Crippen LogP contribution in [-0.2, 0) is 19.1 Å². The van der Waals surface area contributed by atoms with Crippen LogP contribution in [0.25, 0.3) is 0 Å². The van der Waals surface area contributed by atoms with Crippen molar-refractivity contribution in [3.8, 4) is 0 Å². The predicted octanol–water partition coefficient (Wildman–Crippen LogP) is 1.62. The molecule has 1 fully saturated rings. The Morgan fingerprint density at radius 2 is 1.82 bits per heavy atom. The van der Waals surface area contributed by atoms with E-state index in [2.05, 4.69) is 5.32 Å². The molecule has 0 radical (unpaired) electrons. The van der Waals surface area contributed by atoms with Gasteiger partial charge in [0.05, 0.1) is 0 Å². The third kappa shape index (κ3) is 6.13. The topological polar surface area (TPSA) is 96.0 Å². The first-order valence-corrected chi connectivity index (χ1v) is 7.67. The van der Waals surface area contributed by atoms with Crippen LogP contribution < -0.4 is 5.32 Å². The number of ketones is 1. The molecule has 126 valence electrons. The molecule has 1 rings (SSSR count). The molecule has 6 heteroatoms. The molecule has 1 aliphatic rings. The zero-order valence-electron chi connectivity index (χ0n) is 15.6. The lowest BCUT2D eigenvalue weighted by molar-refractivity contribution is -0.138. The number of carboxylic acids is 1. The number of carboxylic acid groups (broad SMARTS) is 1. The Hall–Kier alpha value is -1.43. The van der Waals surface area contributed by atoms with Crippen molar-refractivity contribution in [1.82, 2.24) is 5.32 Å². The summed E-state index contributed by atoms with van der Waals surface area (Å²) in [7, 11) is 0. The average Bonchev–Trinajstić information content (AvgIpc) is 3.24. The van der Waals surface area contributed by atoms with E-state index in [-0.39, 0.29) is 6.42 Å². The first kappa shape index (κ1) is 15.5. The SMILES string of the molecule is [2H]C([2H])(C(C)C)[C@H](CC(=O)[C@H]1O[C@@H]1C(=O)O)C(=O)NCCC(C)C. The van der Waals surface area contributed by atoms with E-state index in [1.807, 2.05) is 13.8 Å². The fourth-order valence-electron chi connectivity index (χ4n) is 2.10. The molecule has 0 saturated carbocycles. The Morgan fingerprint density at radius 3 is 2.27 bits per heavy atom. The van der Waals surface area contributed by atoms with Gasteiger partial charge in [-0.15, -0.1) is 0 Å². The Morgan fingerprint density at radius 1 is 1.18 bits per heavy atom. The van der Waals surface area contributed by atoms with Crippen molar-refractivity contribution in [2.24, 2.45) is 17.8 Å². The predicted molar refractivity (Wildman–Crippen MR) is 81.3 cm³/mol. The van der Waals surface area contributed by atoms with Crippen LogP contribution in [0.4, 0.5) is 0 Å². The van der Waals surface area contributed by atoms with Crippen LogP contribution in [-0.4, -0.2) is 41.5 Å². The summed E-state index contributed by atoms with van der Waals surface area (Å²) in [4.78, 5) is 35.3. The Bertz CT molecular complexity index is 493. The van der Waals surface area contributed by atoms with Crippen LogP contribution in [0.2, 0.25) is 0 Å². The molecule has 0 aromatic rings. The highest BCUT2D eigenvalue weighted by Crippen LogP contribution is 2.27. The van der Waals surface area contributed by atoms with E-state index in [0.29, 0.717) is 12.5 Å².